The third-order valence-corrected chi connectivity index (χ3v) is 3.09. The van der Waals surface area contributed by atoms with E-state index in [9.17, 15) is 0 Å². The minimum atomic E-state index is 0.231. The minimum absolute atomic E-state index is 0.231. The Labute approximate surface area is 129 Å². The van der Waals surface area contributed by atoms with E-state index in [2.05, 4.69) is 60.7 Å². The van der Waals surface area contributed by atoms with Crippen LogP contribution in [0.1, 0.15) is 38.8 Å². The van der Waals surface area contributed by atoms with E-state index < -0.39 is 0 Å². The normalized spacial score (nSPS) is 13.3. The van der Waals surface area contributed by atoms with Gasteiger partial charge in [-0.15, -0.1) is 0 Å². The average Bonchev–Trinajstić information content (AvgIpc) is 2.49. The number of ether oxygens (including phenoxy) is 1. The highest BCUT2D eigenvalue weighted by Crippen LogP contribution is 2.10. The Bertz CT molecular complexity index is 404. The molecule has 2 N–H and O–H groups in total. The van der Waals surface area contributed by atoms with Crippen molar-refractivity contribution in [3.8, 4) is 0 Å². The van der Waals surface area contributed by atoms with Gasteiger partial charge in [0.05, 0.1) is 6.04 Å². The fourth-order valence-electron chi connectivity index (χ4n) is 1.92. The molecule has 0 aliphatic rings. The third-order valence-electron chi connectivity index (χ3n) is 3.09. The molecule has 1 rings (SSSR count). The van der Waals surface area contributed by atoms with Crippen LogP contribution in [-0.2, 0) is 4.74 Å². The lowest BCUT2D eigenvalue weighted by Crippen LogP contribution is -2.39. The van der Waals surface area contributed by atoms with Crippen molar-refractivity contribution >= 4 is 5.96 Å². The second kappa shape index (κ2) is 10.2. The molecule has 0 heterocycles. The molecule has 1 atom stereocenters. The van der Waals surface area contributed by atoms with Gasteiger partial charge in [-0.05, 0) is 24.8 Å². The summed E-state index contributed by atoms with van der Waals surface area (Å²) in [6.07, 6.45) is 0.979. The molecule has 0 amide bonds. The van der Waals surface area contributed by atoms with Crippen LogP contribution in [0.5, 0.6) is 0 Å². The van der Waals surface area contributed by atoms with Crippen molar-refractivity contribution in [3.05, 3.63) is 35.9 Å². The molecule has 118 valence electrons. The highest BCUT2D eigenvalue weighted by atomic mass is 16.5. The number of nitrogens with zero attached hydrogens (tertiary/aromatic N) is 1. The summed E-state index contributed by atoms with van der Waals surface area (Å²) in [4.78, 5) is 4.25. The molecule has 1 aromatic rings. The van der Waals surface area contributed by atoms with E-state index in [0.717, 1.165) is 32.1 Å². The van der Waals surface area contributed by atoms with Crippen molar-refractivity contribution in [2.45, 2.75) is 33.2 Å². The molecule has 0 aliphatic heterocycles. The average molecular weight is 291 g/mol. The van der Waals surface area contributed by atoms with Crippen LogP contribution in [0.4, 0.5) is 0 Å². The summed E-state index contributed by atoms with van der Waals surface area (Å²) in [5.74, 6) is 1.43. The third kappa shape index (κ3) is 7.71. The molecule has 0 aliphatic carbocycles. The molecule has 0 bridgehead atoms. The fraction of sp³-hybridized carbons (Fsp3) is 0.588. The maximum Gasteiger partial charge on any atom is 0.191 e. The maximum absolute atomic E-state index is 5.56. The number of hydrogen-bond acceptors (Lipinski definition) is 2. The number of guanidine groups is 1. The van der Waals surface area contributed by atoms with Gasteiger partial charge in [0, 0.05) is 26.8 Å². The smallest absolute Gasteiger partial charge is 0.191 e. The second-order valence-corrected chi connectivity index (χ2v) is 5.60. The fourth-order valence-corrected chi connectivity index (χ4v) is 1.92. The molecule has 1 aromatic carbocycles. The van der Waals surface area contributed by atoms with Crippen molar-refractivity contribution in [2.24, 2.45) is 10.9 Å². The molecule has 4 heteroatoms. The van der Waals surface area contributed by atoms with Crippen molar-refractivity contribution in [1.29, 1.82) is 0 Å². The summed E-state index contributed by atoms with van der Waals surface area (Å²) in [7, 11) is 1.79. The largest absolute Gasteiger partial charge is 0.381 e. The zero-order chi connectivity index (χ0) is 15.5. The Hall–Kier alpha value is -1.55. The van der Waals surface area contributed by atoms with Crippen LogP contribution in [0, 0.1) is 5.92 Å². The molecule has 0 fully saturated rings. The Morgan fingerprint density at radius 2 is 1.90 bits per heavy atom. The Balaban J connectivity index is 2.23. The maximum atomic E-state index is 5.56. The minimum Gasteiger partial charge on any atom is -0.381 e. The number of benzene rings is 1. The van der Waals surface area contributed by atoms with Crippen LogP contribution in [0.15, 0.2) is 35.3 Å². The van der Waals surface area contributed by atoms with Crippen LogP contribution in [-0.4, -0.2) is 32.8 Å². The zero-order valence-corrected chi connectivity index (χ0v) is 13.7. The molecule has 0 spiro atoms. The van der Waals surface area contributed by atoms with E-state index in [1.54, 1.807) is 7.05 Å². The summed E-state index contributed by atoms with van der Waals surface area (Å²) >= 11 is 0. The number of hydrogen-bond donors (Lipinski definition) is 2. The summed E-state index contributed by atoms with van der Waals surface area (Å²) in [6.45, 7) is 8.94. The van der Waals surface area contributed by atoms with Gasteiger partial charge in [0.1, 0.15) is 0 Å². The van der Waals surface area contributed by atoms with Crippen molar-refractivity contribution in [1.82, 2.24) is 10.6 Å². The molecule has 1 unspecified atom stereocenters. The van der Waals surface area contributed by atoms with Gasteiger partial charge in [-0.3, -0.25) is 4.99 Å². The van der Waals surface area contributed by atoms with Crippen LogP contribution in [0.2, 0.25) is 0 Å². The van der Waals surface area contributed by atoms with Gasteiger partial charge < -0.3 is 15.4 Å². The van der Waals surface area contributed by atoms with Crippen LogP contribution in [0.25, 0.3) is 0 Å². The summed E-state index contributed by atoms with van der Waals surface area (Å²) < 4.78 is 5.56. The van der Waals surface area contributed by atoms with Gasteiger partial charge in [-0.2, -0.15) is 0 Å². The first-order valence-corrected chi connectivity index (χ1v) is 7.73. The van der Waals surface area contributed by atoms with Gasteiger partial charge in [0.15, 0.2) is 5.96 Å². The molecule has 4 nitrogen and oxygen atoms in total. The van der Waals surface area contributed by atoms with E-state index in [1.165, 1.54) is 5.56 Å². The molecule has 0 saturated carbocycles. The first-order valence-electron chi connectivity index (χ1n) is 7.73. The molecule has 21 heavy (non-hydrogen) atoms. The molecule has 0 radical (unpaired) electrons. The molecule has 0 aromatic heterocycles. The number of nitrogens with one attached hydrogen (secondary N) is 2. The number of rotatable bonds is 8. The Morgan fingerprint density at radius 1 is 1.19 bits per heavy atom. The highest BCUT2D eigenvalue weighted by Gasteiger charge is 2.06. The van der Waals surface area contributed by atoms with Gasteiger partial charge >= 0.3 is 0 Å². The second-order valence-electron chi connectivity index (χ2n) is 5.60. The van der Waals surface area contributed by atoms with Gasteiger partial charge in [-0.25, -0.2) is 0 Å². The monoisotopic (exact) mass is 291 g/mol. The SMILES string of the molecule is CN=C(NCCCOCC(C)C)NC(C)c1ccccc1. The quantitative estimate of drug-likeness (QED) is 0.440. The van der Waals surface area contributed by atoms with E-state index in [4.69, 9.17) is 4.74 Å². The van der Waals surface area contributed by atoms with Gasteiger partial charge in [0.25, 0.3) is 0 Å². The highest BCUT2D eigenvalue weighted by molar-refractivity contribution is 5.80. The topological polar surface area (TPSA) is 45.7 Å². The van der Waals surface area contributed by atoms with E-state index in [1.807, 2.05) is 6.07 Å². The summed E-state index contributed by atoms with van der Waals surface area (Å²) in [6, 6.07) is 10.6. The van der Waals surface area contributed by atoms with E-state index in [-0.39, 0.29) is 6.04 Å². The van der Waals surface area contributed by atoms with Crippen molar-refractivity contribution in [2.75, 3.05) is 26.8 Å². The van der Waals surface area contributed by atoms with E-state index >= 15 is 0 Å². The summed E-state index contributed by atoms with van der Waals surface area (Å²) in [5.41, 5.74) is 1.25. The predicted molar refractivity (Wildman–Crippen MR) is 89.6 cm³/mol. The molecular weight excluding hydrogens is 262 g/mol. The predicted octanol–water partition coefficient (Wildman–Crippen LogP) is 2.98. The van der Waals surface area contributed by atoms with Crippen LogP contribution < -0.4 is 10.6 Å². The Morgan fingerprint density at radius 3 is 2.52 bits per heavy atom. The lowest BCUT2D eigenvalue weighted by Gasteiger charge is -2.18. The van der Waals surface area contributed by atoms with Crippen LogP contribution in [0.3, 0.4) is 0 Å². The van der Waals surface area contributed by atoms with Crippen LogP contribution >= 0.6 is 0 Å². The van der Waals surface area contributed by atoms with Crippen molar-refractivity contribution in [3.63, 3.8) is 0 Å². The summed E-state index contributed by atoms with van der Waals surface area (Å²) in [5, 5.41) is 6.71. The first kappa shape index (κ1) is 17.5. The van der Waals surface area contributed by atoms with Crippen molar-refractivity contribution < 1.29 is 4.74 Å². The molecule has 0 saturated heterocycles. The standard InChI is InChI=1S/C17H29N3O/c1-14(2)13-21-12-8-11-19-17(18-4)20-15(3)16-9-6-5-7-10-16/h5-7,9-10,14-15H,8,11-13H2,1-4H3,(H2,18,19,20). The lowest BCUT2D eigenvalue weighted by molar-refractivity contribution is 0.108. The number of aliphatic imine (C=N–C) groups is 1. The lowest BCUT2D eigenvalue weighted by atomic mass is 10.1. The first-order chi connectivity index (χ1) is 10.1. The molecular formula is C17H29N3O. The van der Waals surface area contributed by atoms with Gasteiger partial charge in [0.2, 0.25) is 0 Å². The zero-order valence-electron chi connectivity index (χ0n) is 13.7. The van der Waals surface area contributed by atoms with E-state index in [0.29, 0.717) is 5.92 Å². The van der Waals surface area contributed by atoms with Gasteiger partial charge in [-0.1, -0.05) is 44.2 Å². The Kier molecular flexibility index (Phi) is 8.51.